The Morgan fingerprint density at radius 2 is 0.600 bits per heavy atom. The van der Waals surface area contributed by atoms with Gasteiger partial charge in [-0.1, -0.05) is 259 Å². The van der Waals surface area contributed by atoms with Crippen LogP contribution in [0.4, 0.5) is 0 Å². The topological polar surface area (TPSA) is 78.9 Å². The normalized spacial score (nSPS) is 13.0. The van der Waals surface area contributed by atoms with Gasteiger partial charge in [-0.15, -0.1) is 0 Å². The molecule has 0 bridgehead atoms. The van der Waals surface area contributed by atoms with E-state index in [0.717, 1.165) is 89.9 Å². The Labute approximate surface area is 400 Å². The summed E-state index contributed by atoms with van der Waals surface area (Å²) in [6.07, 6.45) is 70.7. The zero-order chi connectivity index (χ0) is 47.2. The quantitative estimate of drug-likeness (QED) is 0.0262. The van der Waals surface area contributed by atoms with Gasteiger partial charge in [-0.25, -0.2) is 0 Å². The van der Waals surface area contributed by atoms with Crippen LogP contribution in [-0.2, 0) is 28.6 Å². The lowest BCUT2D eigenvalue weighted by Gasteiger charge is -2.18. The van der Waals surface area contributed by atoms with Crippen molar-refractivity contribution in [1.82, 2.24) is 0 Å². The summed E-state index contributed by atoms with van der Waals surface area (Å²) in [6.45, 7) is 6.30. The van der Waals surface area contributed by atoms with E-state index in [0.29, 0.717) is 19.3 Å². The fraction of sp³-hybridized carbons (Fsp3) is 0.644. The summed E-state index contributed by atoms with van der Waals surface area (Å²) < 4.78 is 16.8. The van der Waals surface area contributed by atoms with Gasteiger partial charge < -0.3 is 14.2 Å². The standard InChI is InChI=1S/C59H96O6/c1-4-7-10-13-16-19-22-25-28-29-32-34-37-40-43-46-49-52-58(61)64-55-56(65-59(62)53-50-47-44-41-38-35-31-27-24-21-18-15-12-9-6-3)54-63-57(60)51-48-45-42-39-36-33-30-26-23-20-17-14-11-8-5-2/h8-9,11-12,14-15,17-18,20-21,23-24,26-27,30-31,35,38,56H,4-7,10,13,16,19,22,25,28-29,32-34,36-37,39-55H2,1-3H3/b11-8-,12-9-,17-14-,18-15-,23-20-,24-21-,30-26-,31-27-,38-35-. The van der Waals surface area contributed by atoms with Crippen LogP contribution < -0.4 is 0 Å². The van der Waals surface area contributed by atoms with Crippen LogP contribution in [0.1, 0.15) is 226 Å². The van der Waals surface area contributed by atoms with Crippen LogP contribution in [0.15, 0.2) is 109 Å². The maximum absolute atomic E-state index is 12.8. The van der Waals surface area contributed by atoms with Crippen molar-refractivity contribution < 1.29 is 28.6 Å². The Morgan fingerprint density at radius 3 is 0.954 bits per heavy atom. The first-order valence-corrected chi connectivity index (χ1v) is 26.5. The highest BCUT2D eigenvalue weighted by Gasteiger charge is 2.19. The van der Waals surface area contributed by atoms with Gasteiger partial charge in [0.15, 0.2) is 6.10 Å². The van der Waals surface area contributed by atoms with Gasteiger partial charge in [0.05, 0.1) is 0 Å². The largest absolute Gasteiger partial charge is 0.462 e. The van der Waals surface area contributed by atoms with Crippen molar-refractivity contribution in [2.24, 2.45) is 0 Å². The molecule has 0 radical (unpaired) electrons. The molecule has 6 nitrogen and oxygen atoms in total. The van der Waals surface area contributed by atoms with Gasteiger partial charge in [-0.3, -0.25) is 14.4 Å². The number of hydrogen-bond donors (Lipinski definition) is 0. The van der Waals surface area contributed by atoms with Crippen molar-refractivity contribution in [3.05, 3.63) is 109 Å². The van der Waals surface area contributed by atoms with Crippen LogP contribution in [0, 0.1) is 0 Å². The number of carbonyl (C=O) groups excluding carboxylic acids is 3. The molecule has 65 heavy (non-hydrogen) atoms. The number of unbranched alkanes of at least 4 members (excludes halogenated alkanes) is 24. The summed E-state index contributed by atoms with van der Waals surface area (Å²) in [5.41, 5.74) is 0. The molecule has 0 aromatic heterocycles. The maximum Gasteiger partial charge on any atom is 0.306 e. The fourth-order valence-electron chi connectivity index (χ4n) is 7.06. The van der Waals surface area contributed by atoms with Crippen molar-refractivity contribution >= 4 is 17.9 Å². The van der Waals surface area contributed by atoms with Crippen molar-refractivity contribution in [2.45, 2.75) is 232 Å². The molecule has 0 amide bonds. The Kier molecular flexibility index (Phi) is 49.5. The molecule has 0 saturated carbocycles. The van der Waals surface area contributed by atoms with E-state index in [9.17, 15) is 14.4 Å². The number of allylic oxidation sites excluding steroid dienone is 18. The van der Waals surface area contributed by atoms with E-state index >= 15 is 0 Å². The molecular formula is C59H96O6. The lowest BCUT2D eigenvalue weighted by molar-refractivity contribution is -0.167. The molecule has 0 heterocycles. The summed E-state index contributed by atoms with van der Waals surface area (Å²) in [5.74, 6) is -0.971. The molecule has 6 heteroatoms. The maximum atomic E-state index is 12.8. The highest BCUT2D eigenvalue weighted by Crippen LogP contribution is 2.15. The molecule has 0 aromatic rings. The average molecular weight is 901 g/mol. The number of rotatable bonds is 46. The highest BCUT2D eigenvalue weighted by molar-refractivity contribution is 5.71. The molecule has 0 aliphatic heterocycles. The van der Waals surface area contributed by atoms with Crippen LogP contribution in [-0.4, -0.2) is 37.2 Å². The number of carbonyl (C=O) groups is 3. The second-order valence-corrected chi connectivity index (χ2v) is 17.2. The third kappa shape index (κ3) is 50.9. The smallest absolute Gasteiger partial charge is 0.306 e. The Balaban J connectivity index is 4.49. The second-order valence-electron chi connectivity index (χ2n) is 17.2. The number of hydrogen-bond acceptors (Lipinski definition) is 6. The van der Waals surface area contributed by atoms with Crippen molar-refractivity contribution in [1.29, 1.82) is 0 Å². The van der Waals surface area contributed by atoms with Gasteiger partial charge in [0.2, 0.25) is 0 Å². The minimum absolute atomic E-state index is 0.103. The van der Waals surface area contributed by atoms with Crippen LogP contribution in [0.2, 0.25) is 0 Å². The van der Waals surface area contributed by atoms with E-state index in [1.807, 2.05) is 72.9 Å². The molecule has 0 aliphatic carbocycles. The third-order valence-corrected chi connectivity index (χ3v) is 11.0. The van der Waals surface area contributed by atoms with Crippen LogP contribution in [0.5, 0.6) is 0 Å². The predicted molar refractivity (Wildman–Crippen MR) is 279 cm³/mol. The van der Waals surface area contributed by atoms with Crippen LogP contribution >= 0.6 is 0 Å². The van der Waals surface area contributed by atoms with Gasteiger partial charge in [-0.05, 0) is 57.8 Å². The Morgan fingerprint density at radius 1 is 0.323 bits per heavy atom. The third-order valence-electron chi connectivity index (χ3n) is 11.0. The molecule has 0 aliphatic rings. The van der Waals surface area contributed by atoms with Gasteiger partial charge >= 0.3 is 17.9 Å². The molecule has 0 fully saturated rings. The van der Waals surface area contributed by atoms with Crippen molar-refractivity contribution in [3.63, 3.8) is 0 Å². The first kappa shape index (κ1) is 61.1. The Hall–Kier alpha value is -3.93. The predicted octanol–water partition coefficient (Wildman–Crippen LogP) is 17.5. The lowest BCUT2D eigenvalue weighted by Crippen LogP contribution is -2.30. The molecule has 0 N–H and O–H groups in total. The molecule has 0 spiro atoms. The SMILES string of the molecule is CC\C=C/C=C\C=C/C=C\C=C/CCCCCC(=O)OC(COC(=O)CCCCCCC\C=C/C=C\C=C/C=C\CC)COC(=O)CCCCCCCCCCCCCCCCCCC. The van der Waals surface area contributed by atoms with E-state index in [1.165, 1.54) is 89.9 Å². The molecule has 0 saturated heterocycles. The fourth-order valence-corrected chi connectivity index (χ4v) is 7.06. The summed E-state index contributed by atoms with van der Waals surface area (Å²) in [5, 5.41) is 0. The molecule has 368 valence electrons. The summed E-state index contributed by atoms with van der Waals surface area (Å²) in [6, 6.07) is 0. The van der Waals surface area contributed by atoms with Crippen molar-refractivity contribution in [2.75, 3.05) is 13.2 Å². The minimum Gasteiger partial charge on any atom is -0.462 e. The van der Waals surface area contributed by atoms with Gasteiger partial charge in [0.25, 0.3) is 0 Å². The monoisotopic (exact) mass is 901 g/mol. The molecule has 0 aromatic carbocycles. The van der Waals surface area contributed by atoms with Crippen molar-refractivity contribution in [3.8, 4) is 0 Å². The minimum atomic E-state index is -0.810. The van der Waals surface area contributed by atoms with E-state index in [1.54, 1.807) is 0 Å². The number of ether oxygens (including phenoxy) is 3. The Bertz CT molecular complexity index is 1360. The zero-order valence-electron chi connectivity index (χ0n) is 42.0. The highest BCUT2D eigenvalue weighted by atomic mass is 16.6. The summed E-state index contributed by atoms with van der Waals surface area (Å²) in [4.78, 5) is 38.0. The molecule has 1 atom stereocenters. The average Bonchev–Trinajstić information content (AvgIpc) is 3.30. The number of esters is 3. The van der Waals surface area contributed by atoms with E-state index in [2.05, 4.69) is 57.2 Å². The van der Waals surface area contributed by atoms with E-state index in [4.69, 9.17) is 14.2 Å². The van der Waals surface area contributed by atoms with Gasteiger partial charge in [0, 0.05) is 19.3 Å². The summed E-state index contributed by atoms with van der Waals surface area (Å²) >= 11 is 0. The van der Waals surface area contributed by atoms with Gasteiger partial charge in [-0.2, -0.15) is 0 Å². The second kappa shape index (κ2) is 52.7. The van der Waals surface area contributed by atoms with Crippen LogP contribution in [0.25, 0.3) is 0 Å². The van der Waals surface area contributed by atoms with E-state index < -0.39 is 6.10 Å². The molecular weight excluding hydrogens is 805 g/mol. The first-order valence-electron chi connectivity index (χ1n) is 26.5. The van der Waals surface area contributed by atoms with E-state index in [-0.39, 0.29) is 37.5 Å². The molecule has 0 rings (SSSR count). The lowest BCUT2D eigenvalue weighted by atomic mass is 10.0. The summed E-state index contributed by atoms with van der Waals surface area (Å²) in [7, 11) is 0. The molecule has 1 unspecified atom stereocenters. The van der Waals surface area contributed by atoms with Crippen LogP contribution in [0.3, 0.4) is 0 Å². The first-order chi connectivity index (χ1) is 32.0. The zero-order valence-corrected chi connectivity index (χ0v) is 42.0. The van der Waals surface area contributed by atoms with Gasteiger partial charge in [0.1, 0.15) is 13.2 Å².